The van der Waals surface area contributed by atoms with Crippen molar-refractivity contribution in [2.24, 2.45) is 5.73 Å². The van der Waals surface area contributed by atoms with E-state index >= 15 is 0 Å². The number of carbonyl (C=O) groups excluding carboxylic acids is 1. The fraction of sp³-hybridized carbons (Fsp3) is 0.462. The smallest absolute Gasteiger partial charge is 0.254 e. The maximum Gasteiger partial charge on any atom is 0.254 e. The molecule has 0 atom stereocenters. The quantitative estimate of drug-likeness (QED) is 0.778. The molecule has 0 fully saturated rings. The molecule has 0 radical (unpaired) electrons. The Kier molecular flexibility index (Phi) is 6.44. The molecule has 0 aromatic carbocycles. The lowest BCUT2D eigenvalue weighted by atomic mass is 10.2. The Morgan fingerprint density at radius 1 is 1.56 bits per heavy atom. The number of nitrogens with two attached hydrogens (primary N) is 1. The lowest BCUT2D eigenvalue weighted by Gasteiger charge is -2.20. The molecule has 1 heterocycles. The molecule has 0 aliphatic heterocycles. The Morgan fingerprint density at radius 3 is 2.94 bits per heavy atom. The van der Waals surface area contributed by atoms with Gasteiger partial charge in [-0.2, -0.15) is 0 Å². The predicted octanol–water partition coefficient (Wildman–Crippen LogP) is 0.903. The normalized spacial score (nSPS) is 9.72. The maximum absolute atomic E-state index is 12.2. The molecule has 4 nitrogen and oxygen atoms in total. The maximum atomic E-state index is 12.2. The molecule has 0 unspecified atom stereocenters. The molecule has 0 spiro atoms. The molecular formula is C13H18N2O2S. The van der Waals surface area contributed by atoms with Gasteiger partial charge in [0.25, 0.3) is 5.91 Å². The second-order valence-electron chi connectivity index (χ2n) is 3.72. The molecule has 3 N–H and O–H groups in total. The van der Waals surface area contributed by atoms with Gasteiger partial charge in [0.05, 0.1) is 23.6 Å². The minimum atomic E-state index is -0.0528. The number of amides is 1. The van der Waals surface area contributed by atoms with E-state index in [2.05, 4.69) is 11.8 Å². The molecule has 1 aromatic rings. The van der Waals surface area contributed by atoms with E-state index < -0.39 is 0 Å². The fourth-order valence-electron chi connectivity index (χ4n) is 1.54. The van der Waals surface area contributed by atoms with Crippen molar-refractivity contribution < 1.29 is 9.90 Å². The largest absolute Gasteiger partial charge is 0.395 e. The van der Waals surface area contributed by atoms with Crippen LogP contribution in [0.3, 0.4) is 0 Å². The second kappa shape index (κ2) is 7.88. The van der Waals surface area contributed by atoms with Crippen molar-refractivity contribution in [2.75, 3.05) is 26.2 Å². The van der Waals surface area contributed by atoms with Crippen molar-refractivity contribution in [3.05, 3.63) is 21.9 Å². The van der Waals surface area contributed by atoms with Crippen LogP contribution >= 0.6 is 11.3 Å². The molecule has 0 aliphatic rings. The zero-order valence-electron chi connectivity index (χ0n) is 10.5. The summed E-state index contributed by atoms with van der Waals surface area (Å²) in [4.78, 5) is 14.7. The first-order chi connectivity index (χ1) is 8.72. The van der Waals surface area contributed by atoms with Gasteiger partial charge in [-0.1, -0.05) is 18.8 Å². The average molecular weight is 266 g/mol. The van der Waals surface area contributed by atoms with Crippen LogP contribution in [-0.2, 0) is 0 Å². The lowest BCUT2D eigenvalue weighted by Crippen LogP contribution is -2.33. The summed E-state index contributed by atoms with van der Waals surface area (Å²) in [6.07, 6.45) is 0.871. The van der Waals surface area contributed by atoms with Gasteiger partial charge in [0.2, 0.25) is 0 Å². The second-order valence-corrected chi connectivity index (χ2v) is 4.63. The molecule has 5 heteroatoms. The first-order valence-electron chi connectivity index (χ1n) is 5.90. The number of hydrogen-bond acceptors (Lipinski definition) is 4. The van der Waals surface area contributed by atoms with E-state index in [-0.39, 0.29) is 12.5 Å². The number of aliphatic hydroxyl groups excluding tert-OH is 1. The highest BCUT2D eigenvalue weighted by atomic mass is 32.1. The summed E-state index contributed by atoms with van der Waals surface area (Å²) >= 11 is 1.43. The lowest BCUT2D eigenvalue weighted by molar-refractivity contribution is 0.0722. The van der Waals surface area contributed by atoms with Crippen molar-refractivity contribution in [1.82, 2.24) is 4.90 Å². The predicted molar refractivity (Wildman–Crippen MR) is 73.5 cm³/mol. The number of nitrogens with zero attached hydrogens (tertiary/aromatic N) is 1. The van der Waals surface area contributed by atoms with Crippen LogP contribution in [0.1, 0.15) is 28.6 Å². The van der Waals surface area contributed by atoms with Gasteiger partial charge in [-0.25, -0.2) is 0 Å². The van der Waals surface area contributed by atoms with Crippen LogP contribution in [0, 0.1) is 11.8 Å². The Labute approximate surface area is 111 Å². The number of aliphatic hydroxyl groups is 1. The summed E-state index contributed by atoms with van der Waals surface area (Å²) in [5.41, 5.74) is 5.93. The number of rotatable bonds is 5. The third-order valence-electron chi connectivity index (χ3n) is 2.31. The van der Waals surface area contributed by atoms with E-state index in [0.29, 0.717) is 25.2 Å². The standard InChI is InChI=1S/C13H18N2O2S/c1-2-6-15(7-8-16)13(17)11-9-12(18-10-11)4-3-5-14/h9-10,16H,2,5-8,14H2,1H3. The van der Waals surface area contributed by atoms with Crippen LogP contribution in [0.4, 0.5) is 0 Å². The van der Waals surface area contributed by atoms with Crippen LogP contribution in [0.2, 0.25) is 0 Å². The fourth-order valence-corrected chi connectivity index (χ4v) is 2.29. The van der Waals surface area contributed by atoms with Crippen molar-refractivity contribution in [3.63, 3.8) is 0 Å². The molecule has 0 bridgehead atoms. The highest BCUT2D eigenvalue weighted by molar-refractivity contribution is 7.10. The SMILES string of the molecule is CCCN(CCO)C(=O)c1csc(C#CCN)c1. The van der Waals surface area contributed by atoms with Crippen molar-refractivity contribution in [3.8, 4) is 11.8 Å². The molecule has 18 heavy (non-hydrogen) atoms. The highest BCUT2D eigenvalue weighted by Gasteiger charge is 2.15. The summed E-state index contributed by atoms with van der Waals surface area (Å²) in [5, 5.41) is 10.7. The number of thiophene rings is 1. The molecular weight excluding hydrogens is 248 g/mol. The summed E-state index contributed by atoms with van der Waals surface area (Å²) in [5.74, 6) is 5.61. The first kappa shape index (κ1) is 14.7. The Bertz CT molecular complexity index is 439. The number of carbonyl (C=O) groups is 1. The van der Waals surface area contributed by atoms with Gasteiger partial charge in [-0.05, 0) is 12.5 Å². The van der Waals surface area contributed by atoms with Gasteiger partial charge in [0, 0.05) is 18.5 Å². The average Bonchev–Trinajstić information content (AvgIpc) is 2.84. The molecule has 1 rings (SSSR count). The van der Waals surface area contributed by atoms with Gasteiger partial charge < -0.3 is 15.7 Å². The van der Waals surface area contributed by atoms with E-state index in [1.807, 2.05) is 6.92 Å². The van der Waals surface area contributed by atoms with Crippen LogP contribution in [0.15, 0.2) is 11.4 Å². The molecule has 1 aromatic heterocycles. The molecule has 1 amide bonds. The first-order valence-corrected chi connectivity index (χ1v) is 6.78. The van der Waals surface area contributed by atoms with Crippen LogP contribution < -0.4 is 5.73 Å². The monoisotopic (exact) mass is 266 g/mol. The molecule has 0 saturated heterocycles. The van der Waals surface area contributed by atoms with E-state index in [0.717, 1.165) is 11.3 Å². The van der Waals surface area contributed by atoms with E-state index in [9.17, 15) is 4.79 Å². The zero-order valence-corrected chi connectivity index (χ0v) is 11.3. The third-order valence-corrected chi connectivity index (χ3v) is 3.16. The summed E-state index contributed by atoms with van der Waals surface area (Å²) < 4.78 is 0. The van der Waals surface area contributed by atoms with E-state index in [1.165, 1.54) is 11.3 Å². The van der Waals surface area contributed by atoms with Gasteiger partial charge in [-0.15, -0.1) is 11.3 Å². The summed E-state index contributed by atoms with van der Waals surface area (Å²) in [7, 11) is 0. The van der Waals surface area contributed by atoms with E-state index in [4.69, 9.17) is 10.8 Å². The molecule has 98 valence electrons. The molecule has 0 aliphatic carbocycles. The van der Waals surface area contributed by atoms with Gasteiger partial charge in [-0.3, -0.25) is 4.79 Å². The summed E-state index contributed by atoms with van der Waals surface area (Å²) in [6, 6.07) is 1.77. The van der Waals surface area contributed by atoms with Crippen molar-refractivity contribution in [1.29, 1.82) is 0 Å². The minimum Gasteiger partial charge on any atom is -0.395 e. The van der Waals surface area contributed by atoms with Crippen molar-refractivity contribution in [2.45, 2.75) is 13.3 Å². The van der Waals surface area contributed by atoms with Crippen molar-refractivity contribution >= 4 is 17.2 Å². The minimum absolute atomic E-state index is 0.0181. The zero-order chi connectivity index (χ0) is 13.4. The van der Waals surface area contributed by atoms with Crippen LogP contribution in [0.25, 0.3) is 0 Å². The van der Waals surface area contributed by atoms with Gasteiger partial charge >= 0.3 is 0 Å². The highest BCUT2D eigenvalue weighted by Crippen LogP contribution is 2.15. The van der Waals surface area contributed by atoms with Gasteiger partial charge in [0.15, 0.2) is 0 Å². The van der Waals surface area contributed by atoms with E-state index in [1.54, 1.807) is 16.3 Å². The molecule has 0 saturated carbocycles. The Balaban J connectivity index is 2.78. The van der Waals surface area contributed by atoms with Crippen LogP contribution in [0.5, 0.6) is 0 Å². The Hall–Kier alpha value is -1.35. The van der Waals surface area contributed by atoms with Gasteiger partial charge in [0.1, 0.15) is 0 Å². The Morgan fingerprint density at radius 2 is 2.33 bits per heavy atom. The summed E-state index contributed by atoms with van der Waals surface area (Å²) in [6.45, 7) is 3.32. The number of hydrogen-bond donors (Lipinski definition) is 2. The van der Waals surface area contributed by atoms with Crippen LogP contribution in [-0.4, -0.2) is 42.2 Å². The third kappa shape index (κ3) is 4.15. The topological polar surface area (TPSA) is 66.6 Å².